The summed E-state index contributed by atoms with van der Waals surface area (Å²) in [6, 6.07) is 1.72. The SMILES string of the molecule is CC(C)(C)OC(=O)N1CC[C@@H](F)[C@@H](Oc2nc(Cl)nc3[nH]ccc23)C1. The lowest BCUT2D eigenvalue weighted by atomic mass is 10.1. The van der Waals surface area contributed by atoms with Crippen molar-refractivity contribution in [2.24, 2.45) is 0 Å². The van der Waals surface area contributed by atoms with Gasteiger partial charge in [-0.25, -0.2) is 9.18 Å². The quantitative estimate of drug-likeness (QED) is 0.820. The number of fused-ring (bicyclic) bond motifs is 1. The number of hydrogen-bond donors (Lipinski definition) is 1. The summed E-state index contributed by atoms with van der Waals surface area (Å²) in [5.74, 6) is 0.190. The zero-order valence-electron chi connectivity index (χ0n) is 14.3. The number of carbonyl (C=O) groups excluding carboxylic acids is 1. The molecule has 2 aromatic rings. The van der Waals surface area contributed by atoms with E-state index in [2.05, 4.69) is 15.0 Å². The summed E-state index contributed by atoms with van der Waals surface area (Å²) < 4.78 is 25.4. The highest BCUT2D eigenvalue weighted by atomic mass is 35.5. The number of nitrogens with one attached hydrogen (secondary N) is 1. The Kier molecular flexibility index (Phi) is 4.73. The number of alkyl halides is 1. The van der Waals surface area contributed by atoms with Crippen LogP contribution in [-0.4, -0.2) is 56.9 Å². The fourth-order valence-electron chi connectivity index (χ4n) is 2.61. The van der Waals surface area contributed by atoms with E-state index in [0.717, 1.165) is 0 Å². The Morgan fingerprint density at radius 3 is 2.92 bits per heavy atom. The van der Waals surface area contributed by atoms with Gasteiger partial charge >= 0.3 is 6.09 Å². The van der Waals surface area contributed by atoms with Gasteiger partial charge in [-0.15, -0.1) is 0 Å². The van der Waals surface area contributed by atoms with Gasteiger partial charge in [-0.2, -0.15) is 9.97 Å². The summed E-state index contributed by atoms with van der Waals surface area (Å²) in [5, 5.41) is 0.603. The standard InChI is InChI=1S/C16H20ClFN4O3/c1-16(2,3)25-15(23)22-7-5-10(18)11(8-22)24-13-9-4-6-19-12(9)20-14(17)21-13/h4,6,10-11H,5,7-8H2,1-3H3,(H,19,20,21)/t10-,11+/m1/s1. The van der Waals surface area contributed by atoms with Crippen LogP contribution < -0.4 is 4.74 Å². The van der Waals surface area contributed by atoms with Crippen molar-refractivity contribution in [1.82, 2.24) is 19.9 Å². The third-order valence-electron chi connectivity index (χ3n) is 3.75. The number of carbonyl (C=O) groups is 1. The first-order valence-corrected chi connectivity index (χ1v) is 8.40. The van der Waals surface area contributed by atoms with E-state index >= 15 is 0 Å². The lowest BCUT2D eigenvalue weighted by molar-refractivity contribution is -0.0129. The van der Waals surface area contributed by atoms with Crippen LogP contribution in [0.1, 0.15) is 27.2 Å². The van der Waals surface area contributed by atoms with Crippen molar-refractivity contribution < 1.29 is 18.7 Å². The summed E-state index contributed by atoms with van der Waals surface area (Å²) in [7, 11) is 0. The second kappa shape index (κ2) is 6.67. The van der Waals surface area contributed by atoms with E-state index in [0.29, 0.717) is 11.0 Å². The lowest BCUT2D eigenvalue weighted by Crippen LogP contribution is -2.51. The van der Waals surface area contributed by atoms with Crippen molar-refractivity contribution in [2.45, 2.75) is 45.1 Å². The lowest BCUT2D eigenvalue weighted by Gasteiger charge is -2.35. The van der Waals surface area contributed by atoms with Crippen LogP contribution in [0.5, 0.6) is 5.88 Å². The Labute approximate surface area is 149 Å². The number of piperidine rings is 1. The highest BCUT2D eigenvalue weighted by molar-refractivity contribution is 6.28. The Balaban J connectivity index is 1.76. The second-order valence-electron chi connectivity index (χ2n) is 6.93. The molecule has 2 aromatic heterocycles. The van der Waals surface area contributed by atoms with Crippen LogP contribution in [-0.2, 0) is 4.74 Å². The third-order valence-corrected chi connectivity index (χ3v) is 3.92. The fraction of sp³-hybridized carbons (Fsp3) is 0.562. The van der Waals surface area contributed by atoms with Crippen LogP contribution in [0.3, 0.4) is 0 Å². The minimum absolute atomic E-state index is 0.000154. The van der Waals surface area contributed by atoms with Gasteiger partial charge in [0.05, 0.1) is 11.9 Å². The molecule has 25 heavy (non-hydrogen) atoms. The Hall–Kier alpha value is -2.09. The molecular formula is C16H20ClFN4O3. The van der Waals surface area contributed by atoms with Crippen molar-refractivity contribution in [3.05, 3.63) is 17.5 Å². The van der Waals surface area contributed by atoms with Crippen molar-refractivity contribution in [3.63, 3.8) is 0 Å². The smallest absolute Gasteiger partial charge is 0.410 e. The molecule has 2 atom stereocenters. The van der Waals surface area contributed by atoms with Crippen LogP contribution in [0.4, 0.5) is 9.18 Å². The number of H-pyrrole nitrogens is 1. The zero-order valence-corrected chi connectivity index (χ0v) is 15.0. The molecule has 136 valence electrons. The van der Waals surface area contributed by atoms with Gasteiger partial charge in [-0.3, -0.25) is 0 Å². The molecule has 0 aliphatic carbocycles. The zero-order chi connectivity index (χ0) is 18.2. The average molecular weight is 371 g/mol. The summed E-state index contributed by atoms with van der Waals surface area (Å²) in [6.07, 6.45) is -0.727. The monoisotopic (exact) mass is 370 g/mol. The number of ether oxygens (including phenoxy) is 2. The highest BCUT2D eigenvalue weighted by Gasteiger charge is 2.35. The van der Waals surface area contributed by atoms with Crippen molar-refractivity contribution >= 4 is 28.7 Å². The predicted octanol–water partition coefficient (Wildman–Crippen LogP) is 3.34. The van der Waals surface area contributed by atoms with Crippen LogP contribution in [0, 0.1) is 0 Å². The maximum Gasteiger partial charge on any atom is 0.410 e. The molecule has 7 nitrogen and oxygen atoms in total. The van der Waals surface area contributed by atoms with E-state index < -0.39 is 24.0 Å². The van der Waals surface area contributed by atoms with Crippen molar-refractivity contribution in [2.75, 3.05) is 13.1 Å². The van der Waals surface area contributed by atoms with Gasteiger partial charge < -0.3 is 19.4 Å². The number of aromatic nitrogens is 3. The number of hydrogen-bond acceptors (Lipinski definition) is 5. The minimum atomic E-state index is -1.22. The van der Waals surface area contributed by atoms with Gasteiger partial charge in [0.25, 0.3) is 0 Å². The minimum Gasteiger partial charge on any atom is -0.469 e. The van der Waals surface area contributed by atoms with Gasteiger partial charge in [-0.05, 0) is 38.4 Å². The summed E-state index contributed by atoms with van der Waals surface area (Å²) in [5.41, 5.74) is -0.109. The van der Waals surface area contributed by atoms with E-state index in [9.17, 15) is 9.18 Å². The highest BCUT2D eigenvalue weighted by Crippen LogP contribution is 2.27. The molecule has 1 aliphatic rings. The molecule has 9 heteroatoms. The van der Waals surface area contributed by atoms with Gasteiger partial charge in [0.2, 0.25) is 11.2 Å². The molecule has 0 aromatic carbocycles. The van der Waals surface area contributed by atoms with E-state index in [-0.39, 0.29) is 30.7 Å². The molecule has 0 spiro atoms. The summed E-state index contributed by atoms with van der Waals surface area (Å²) >= 11 is 5.89. The van der Waals surface area contributed by atoms with Gasteiger partial charge in [0, 0.05) is 19.2 Å². The predicted molar refractivity (Wildman–Crippen MR) is 90.6 cm³/mol. The molecule has 0 radical (unpaired) electrons. The van der Waals surface area contributed by atoms with Crippen LogP contribution in [0.25, 0.3) is 11.0 Å². The molecule has 1 aliphatic heterocycles. The summed E-state index contributed by atoms with van der Waals surface area (Å²) in [4.78, 5) is 24.6. The molecular weight excluding hydrogens is 351 g/mol. The molecule has 0 unspecified atom stereocenters. The Morgan fingerprint density at radius 2 is 2.20 bits per heavy atom. The molecule has 0 saturated carbocycles. The van der Waals surface area contributed by atoms with Gasteiger partial charge in [0.15, 0.2) is 0 Å². The van der Waals surface area contributed by atoms with Crippen LogP contribution in [0.15, 0.2) is 12.3 Å². The number of aromatic amines is 1. The third kappa shape index (κ3) is 4.12. The van der Waals surface area contributed by atoms with Crippen LogP contribution >= 0.6 is 11.6 Å². The number of nitrogens with zero attached hydrogens (tertiary/aromatic N) is 3. The number of amides is 1. The first-order valence-electron chi connectivity index (χ1n) is 8.02. The Bertz CT molecular complexity index is 776. The van der Waals surface area contributed by atoms with Crippen LogP contribution in [0.2, 0.25) is 5.28 Å². The molecule has 0 bridgehead atoms. The molecule has 3 rings (SSSR count). The molecule has 1 saturated heterocycles. The van der Waals surface area contributed by atoms with Gasteiger partial charge in [0.1, 0.15) is 23.5 Å². The van der Waals surface area contributed by atoms with E-state index in [1.54, 1.807) is 33.0 Å². The van der Waals surface area contributed by atoms with E-state index in [1.807, 2.05) is 0 Å². The number of rotatable bonds is 2. The number of likely N-dealkylation sites (tertiary alicyclic amines) is 1. The van der Waals surface area contributed by atoms with Crippen molar-refractivity contribution in [3.8, 4) is 5.88 Å². The van der Waals surface area contributed by atoms with E-state index in [1.165, 1.54) is 4.90 Å². The second-order valence-corrected chi connectivity index (χ2v) is 7.26. The Morgan fingerprint density at radius 1 is 1.44 bits per heavy atom. The normalized spacial score (nSPS) is 21.4. The molecule has 1 N–H and O–H groups in total. The first kappa shape index (κ1) is 17.7. The molecule has 3 heterocycles. The first-order chi connectivity index (χ1) is 11.7. The largest absolute Gasteiger partial charge is 0.469 e. The fourth-order valence-corrected chi connectivity index (χ4v) is 2.77. The molecule has 1 fully saturated rings. The maximum atomic E-state index is 14.3. The summed E-state index contributed by atoms with van der Waals surface area (Å²) in [6.45, 7) is 5.70. The maximum absolute atomic E-state index is 14.3. The van der Waals surface area contributed by atoms with E-state index in [4.69, 9.17) is 21.1 Å². The molecule has 1 amide bonds. The van der Waals surface area contributed by atoms with Crippen molar-refractivity contribution in [1.29, 1.82) is 0 Å². The van der Waals surface area contributed by atoms with Gasteiger partial charge in [-0.1, -0.05) is 0 Å². The number of halogens is 2. The average Bonchev–Trinajstić information content (AvgIpc) is 2.95. The topological polar surface area (TPSA) is 80.3 Å².